The normalized spacial score (nSPS) is 36.1. The summed E-state index contributed by atoms with van der Waals surface area (Å²) in [5, 5.41) is 26.0. The number of amides is 1. The van der Waals surface area contributed by atoms with E-state index in [4.69, 9.17) is 4.74 Å². The minimum Gasteiger partial charge on any atom is -0.458 e. The first-order valence-corrected chi connectivity index (χ1v) is 14.2. The maximum atomic E-state index is 13.4. The number of ketones is 2. The van der Waals surface area contributed by atoms with Gasteiger partial charge in [0.05, 0.1) is 12.5 Å². The summed E-state index contributed by atoms with van der Waals surface area (Å²) in [6.07, 6.45) is 10.1. The van der Waals surface area contributed by atoms with Crippen molar-refractivity contribution in [3.05, 3.63) is 53.9 Å². The molecule has 3 saturated carbocycles. The summed E-state index contributed by atoms with van der Waals surface area (Å²) >= 11 is 0. The average Bonchev–Trinajstić information content (AvgIpc) is 3.20. The van der Waals surface area contributed by atoms with Crippen molar-refractivity contribution in [2.75, 3.05) is 6.61 Å². The number of aromatic nitrogens is 1. The molecular formula is C31H38N2O7. The molecule has 0 unspecified atom stereocenters. The van der Waals surface area contributed by atoms with E-state index in [9.17, 15) is 29.4 Å². The molecule has 0 saturated heterocycles. The zero-order valence-electron chi connectivity index (χ0n) is 23.1. The monoisotopic (exact) mass is 550 g/mol. The summed E-state index contributed by atoms with van der Waals surface area (Å²) in [5.74, 6) is -1.59. The summed E-state index contributed by atoms with van der Waals surface area (Å²) in [6, 6.07) is 3.56. The Morgan fingerprint density at radius 2 is 1.90 bits per heavy atom. The molecule has 1 heterocycles. The third-order valence-corrected chi connectivity index (χ3v) is 10.3. The van der Waals surface area contributed by atoms with Gasteiger partial charge in [0.25, 0.3) is 0 Å². The number of nitrogens with zero attached hydrogens (tertiary/aromatic N) is 1. The van der Waals surface area contributed by atoms with Gasteiger partial charge in [-0.15, -0.1) is 0 Å². The van der Waals surface area contributed by atoms with Gasteiger partial charge < -0.3 is 20.3 Å². The summed E-state index contributed by atoms with van der Waals surface area (Å²) in [7, 11) is 0. The predicted octanol–water partition coefficient (Wildman–Crippen LogP) is 2.60. The van der Waals surface area contributed by atoms with Crippen molar-refractivity contribution >= 4 is 23.4 Å². The van der Waals surface area contributed by atoms with Gasteiger partial charge in [0, 0.05) is 42.1 Å². The maximum Gasteiger partial charge on any atom is 0.306 e. The third-order valence-electron chi connectivity index (χ3n) is 10.3. The number of esters is 1. The highest BCUT2D eigenvalue weighted by Gasteiger charge is 2.68. The highest BCUT2D eigenvalue weighted by Crippen LogP contribution is 2.67. The second kappa shape index (κ2) is 10.7. The molecule has 0 spiro atoms. The van der Waals surface area contributed by atoms with Gasteiger partial charge in [-0.2, -0.15) is 0 Å². The number of aliphatic hydroxyl groups is 2. The molecule has 3 N–H and O–H groups in total. The van der Waals surface area contributed by atoms with E-state index in [2.05, 4.69) is 17.2 Å². The van der Waals surface area contributed by atoms with E-state index in [1.807, 2.05) is 13.0 Å². The number of hydrogen-bond acceptors (Lipinski definition) is 8. The number of allylic oxidation sites excluding steroid dienone is 4. The molecule has 214 valence electrons. The van der Waals surface area contributed by atoms with Crippen LogP contribution in [0.2, 0.25) is 0 Å². The van der Waals surface area contributed by atoms with Crippen LogP contribution in [0.1, 0.15) is 64.4 Å². The second-order valence-electron chi connectivity index (χ2n) is 12.3. The van der Waals surface area contributed by atoms with Crippen molar-refractivity contribution in [3.8, 4) is 0 Å². The number of carbonyl (C=O) groups excluding carboxylic acids is 4. The van der Waals surface area contributed by atoms with Crippen LogP contribution in [0.3, 0.4) is 0 Å². The number of Topliss-reactive ketones (excluding diaryl/α,β-unsaturated/α-hetero) is 1. The molecule has 3 fully saturated rings. The van der Waals surface area contributed by atoms with Crippen LogP contribution in [0.15, 0.2) is 48.3 Å². The van der Waals surface area contributed by atoms with Crippen LogP contribution >= 0.6 is 0 Å². The largest absolute Gasteiger partial charge is 0.458 e. The minimum atomic E-state index is -1.72. The van der Waals surface area contributed by atoms with Gasteiger partial charge in [-0.05, 0) is 73.8 Å². The van der Waals surface area contributed by atoms with E-state index < -0.39 is 40.9 Å². The first kappa shape index (κ1) is 28.4. The fraction of sp³-hybridized carbons (Fsp3) is 0.581. The molecule has 9 heteroatoms. The predicted molar refractivity (Wildman–Crippen MR) is 144 cm³/mol. The second-order valence-corrected chi connectivity index (χ2v) is 12.3. The van der Waals surface area contributed by atoms with Crippen LogP contribution in [0, 0.1) is 28.6 Å². The molecule has 4 aliphatic carbocycles. The molecule has 9 nitrogen and oxygen atoms in total. The number of nitrogens with one attached hydrogen (secondary N) is 1. The van der Waals surface area contributed by atoms with Crippen LogP contribution in [0.25, 0.3) is 0 Å². The van der Waals surface area contributed by atoms with Crippen molar-refractivity contribution in [2.24, 2.45) is 28.6 Å². The Balaban J connectivity index is 1.18. The van der Waals surface area contributed by atoms with Gasteiger partial charge in [-0.25, -0.2) is 0 Å². The SMILES string of the molecule is C[C@]12C=CC(=O)C=C1CC[C@H]1[C@H]2[C@@H](O)C[C@@]2(C)[C@H]1CC[C@]2(O)C(=O)COC(=O)CCC(=O)NCc1ccncc1. The molecule has 1 amide bonds. The van der Waals surface area contributed by atoms with Crippen molar-refractivity contribution in [1.29, 1.82) is 0 Å². The van der Waals surface area contributed by atoms with Crippen LogP contribution < -0.4 is 5.32 Å². The lowest BCUT2D eigenvalue weighted by Gasteiger charge is -2.59. The molecule has 0 radical (unpaired) electrons. The summed E-state index contributed by atoms with van der Waals surface area (Å²) < 4.78 is 5.20. The van der Waals surface area contributed by atoms with Crippen LogP contribution in [0.4, 0.5) is 0 Å². The summed E-state index contributed by atoms with van der Waals surface area (Å²) in [6.45, 7) is 3.71. The molecular weight excluding hydrogens is 512 g/mol. The van der Waals surface area contributed by atoms with Gasteiger partial charge in [0.1, 0.15) is 5.60 Å². The molecule has 0 bridgehead atoms. The lowest BCUT2D eigenvalue weighted by Crippen LogP contribution is -2.61. The topological polar surface area (TPSA) is 143 Å². The first-order valence-electron chi connectivity index (χ1n) is 14.2. The quantitative estimate of drug-likeness (QED) is 0.419. The van der Waals surface area contributed by atoms with E-state index in [-0.39, 0.29) is 55.1 Å². The Hall–Kier alpha value is -3.17. The van der Waals surface area contributed by atoms with Gasteiger partial charge >= 0.3 is 5.97 Å². The maximum absolute atomic E-state index is 13.4. The standard InChI is InChI=1S/C31H38N2O7/c1-29-11-7-21(34)15-20(29)3-4-22-23-8-12-31(39,30(23,2)16-24(35)28(22)29)25(36)18-40-27(38)6-5-26(37)33-17-19-9-13-32-14-10-19/h7,9-11,13-15,22-24,28,35,39H,3-6,8,12,16-18H2,1-2H3,(H,33,37)/t22-,23+,24+,28+,29+,30+,31+/m1/s1. The van der Waals surface area contributed by atoms with E-state index in [0.29, 0.717) is 13.0 Å². The lowest BCUT2D eigenvalue weighted by molar-refractivity contribution is -0.181. The van der Waals surface area contributed by atoms with Gasteiger partial charge in [-0.3, -0.25) is 24.2 Å². The molecule has 1 aromatic heterocycles. The smallest absolute Gasteiger partial charge is 0.306 e. The van der Waals surface area contributed by atoms with E-state index >= 15 is 0 Å². The van der Waals surface area contributed by atoms with E-state index in [0.717, 1.165) is 24.0 Å². The Morgan fingerprint density at radius 1 is 1.15 bits per heavy atom. The number of carbonyl (C=O) groups is 4. The number of ether oxygens (including phenoxy) is 1. The molecule has 0 aliphatic heterocycles. The highest BCUT2D eigenvalue weighted by atomic mass is 16.5. The minimum absolute atomic E-state index is 0.0130. The van der Waals surface area contributed by atoms with Crippen molar-refractivity contribution < 1.29 is 34.1 Å². The Bertz CT molecular complexity index is 1260. The van der Waals surface area contributed by atoms with Crippen molar-refractivity contribution in [3.63, 3.8) is 0 Å². The number of fused-ring (bicyclic) bond motifs is 5. The molecule has 0 aromatic carbocycles. The number of hydrogen-bond donors (Lipinski definition) is 3. The fourth-order valence-electron chi connectivity index (χ4n) is 8.13. The molecule has 7 atom stereocenters. The number of pyridine rings is 1. The van der Waals surface area contributed by atoms with Crippen LogP contribution in [0.5, 0.6) is 0 Å². The van der Waals surface area contributed by atoms with Crippen molar-refractivity contribution in [1.82, 2.24) is 10.3 Å². The van der Waals surface area contributed by atoms with Crippen molar-refractivity contribution in [2.45, 2.75) is 77.0 Å². The van der Waals surface area contributed by atoms with Gasteiger partial charge in [0.2, 0.25) is 11.7 Å². The van der Waals surface area contributed by atoms with Gasteiger partial charge in [0.15, 0.2) is 12.4 Å². The van der Waals surface area contributed by atoms with E-state index in [1.165, 1.54) is 0 Å². The Morgan fingerprint density at radius 3 is 2.65 bits per heavy atom. The van der Waals surface area contributed by atoms with Gasteiger partial charge in [-0.1, -0.05) is 25.5 Å². The Labute approximate surface area is 234 Å². The molecule has 4 aliphatic rings. The van der Waals surface area contributed by atoms with Crippen LogP contribution in [-0.2, 0) is 30.5 Å². The molecule has 1 aromatic rings. The molecule has 5 rings (SSSR count). The highest BCUT2D eigenvalue weighted by molar-refractivity contribution is 6.01. The zero-order chi connectivity index (χ0) is 28.7. The molecule has 40 heavy (non-hydrogen) atoms. The van der Waals surface area contributed by atoms with Crippen LogP contribution in [-0.4, -0.2) is 57.0 Å². The lowest BCUT2D eigenvalue weighted by atomic mass is 9.46. The number of rotatable bonds is 8. The number of aliphatic hydroxyl groups excluding tert-OH is 1. The average molecular weight is 551 g/mol. The summed E-state index contributed by atoms with van der Waals surface area (Å²) in [4.78, 5) is 53.7. The first-order chi connectivity index (χ1) is 19.0. The summed E-state index contributed by atoms with van der Waals surface area (Å²) in [5.41, 5.74) is -1.08. The zero-order valence-corrected chi connectivity index (χ0v) is 23.1. The Kier molecular flexibility index (Phi) is 7.56. The fourth-order valence-corrected chi connectivity index (χ4v) is 8.13. The third kappa shape index (κ3) is 4.83. The van der Waals surface area contributed by atoms with E-state index in [1.54, 1.807) is 36.7 Å².